The smallest absolute Gasteiger partial charge is 0.0314 e. The van der Waals surface area contributed by atoms with Crippen LogP contribution in [0.4, 0.5) is 0 Å². The molecule has 2 nitrogen and oxygen atoms in total. The Morgan fingerprint density at radius 1 is 1.33 bits per heavy atom. The number of piperidine rings is 1. The zero-order chi connectivity index (χ0) is 12.8. The molecule has 0 saturated carbocycles. The van der Waals surface area contributed by atoms with E-state index >= 15 is 0 Å². The first-order valence-electron chi connectivity index (χ1n) is 6.93. The van der Waals surface area contributed by atoms with Gasteiger partial charge in [-0.3, -0.25) is 0 Å². The lowest BCUT2D eigenvalue weighted by molar-refractivity contribution is 0.226. The fraction of sp³-hybridized carbons (Fsp3) is 0.714. The number of rotatable bonds is 6. The van der Waals surface area contributed by atoms with E-state index < -0.39 is 0 Å². The Balaban J connectivity index is 1.55. The van der Waals surface area contributed by atoms with Crippen LogP contribution in [0.25, 0.3) is 0 Å². The zero-order valence-corrected chi connectivity index (χ0v) is 13.6. The maximum atomic E-state index is 3.57. The third kappa shape index (κ3) is 4.65. The lowest BCUT2D eigenvalue weighted by Gasteiger charge is -2.26. The van der Waals surface area contributed by atoms with Gasteiger partial charge in [0, 0.05) is 20.8 Å². The summed E-state index contributed by atoms with van der Waals surface area (Å²) in [5, 5.41) is 3.54. The van der Waals surface area contributed by atoms with Crippen LogP contribution in [0, 0.1) is 6.92 Å². The minimum absolute atomic E-state index is 1.01. The second-order valence-corrected chi connectivity index (χ2v) is 7.24. The molecule has 18 heavy (non-hydrogen) atoms. The number of likely N-dealkylation sites (tertiary alicyclic amines) is 1. The van der Waals surface area contributed by atoms with E-state index in [1.165, 1.54) is 59.5 Å². The normalized spacial score (nSPS) is 17.2. The van der Waals surface area contributed by atoms with Crippen molar-refractivity contribution in [3.8, 4) is 0 Å². The van der Waals surface area contributed by atoms with Crippen molar-refractivity contribution < 1.29 is 0 Å². The largest absolute Gasteiger partial charge is 0.312 e. The molecule has 0 aromatic carbocycles. The van der Waals surface area contributed by atoms with Crippen molar-refractivity contribution in [3.05, 3.63) is 20.3 Å². The average molecular weight is 331 g/mol. The summed E-state index contributed by atoms with van der Waals surface area (Å²) in [7, 11) is 0. The van der Waals surface area contributed by atoms with E-state index in [2.05, 4.69) is 39.1 Å². The van der Waals surface area contributed by atoms with E-state index in [-0.39, 0.29) is 0 Å². The van der Waals surface area contributed by atoms with Crippen LogP contribution in [0.1, 0.15) is 35.4 Å². The fourth-order valence-corrected chi connectivity index (χ4v) is 4.00. The molecule has 2 heterocycles. The highest BCUT2D eigenvalue weighted by atomic mass is 79.9. The van der Waals surface area contributed by atoms with Crippen LogP contribution >= 0.6 is 27.3 Å². The molecule has 1 aliphatic heterocycles. The SMILES string of the molecule is Cc1sc(CNCCCN2CCCCC2)cc1Br. The number of hydrogen-bond acceptors (Lipinski definition) is 3. The van der Waals surface area contributed by atoms with E-state index in [1.54, 1.807) is 0 Å². The highest BCUT2D eigenvalue weighted by Gasteiger charge is 2.08. The van der Waals surface area contributed by atoms with Gasteiger partial charge in [-0.15, -0.1) is 11.3 Å². The molecule has 0 atom stereocenters. The van der Waals surface area contributed by atoms with Gasteiger partial charge < -0.3 is 10.2 Å². The minimum atomic E-state index is 1.01. The third-order valence-electron chi connectivity index (χ3n) is 3.48. The van der Waals surface area contributed by atoms with Crippen LogP contribution in [0.15, 0.2) is 10.5 Å². The van der Waals surface area contributed by atoms with E-state index in [9.17, 15) is 0 Å². The lowest BCUT2D eigenvalue weighted by Crippen LogP contribution is -2.32. The van der Waals surface area contributed by atoms with Gasteiger partial charge in [0.15, 0.2) is 0 Å². The molecule has 4 heteroatoms. The van der Waals surface area contributed by atoms with E-state index in [4.69, 9.17) is 0 Å². The molecule has 0 aliphatic carbocycles. The molecule has 1 saturated heterocycles. The second kappa shape index (κ2) is 7.63. The summed E-state index contributed by atoms with van der Waals surface area (Å²) in [6.07, 6.45) is 5.50. The molecule has 0 amide bonds. The van der Waals surface area contributed by atoms with Gasteiger partial charge in [-0.2, -0.15) is 0 Å². The van der Waals surface area contributed by atoms with Crippen LogP contribution in [0.2, 0.25) is 0 Å². The van der Waals surface area contributed by atoms with Gasteiger partial charge in [-0.1, -0.05) is 6.42 Å². The summed E-state index contributed by atoms with van der Waals surface area (Å²) >= 11 is 5.45. The molecule has 1 fully saturated rings. The van der Waals surface area contributed by atoms with E-state index in [1.807, 2.05) is 11.3 Å². The maximum absolute atomic E-state index is 3.57. The number of aryl methyl sites for hydroxylation is 1. The first-order valence-corrected chi connectivity index (χ1v) is 8.54. The van der Waals surface area contributed by atoms with Gasteiger partial charge in [0.25, 0.3) is 0 Å². The molecule has 0 radical (unpaired) electrons. The van der Waals surface area contributed by atoms with Gasteiger partial charge in [-0.05, 0) is 74.4 Å². The standard InChI is InChI=1S/C14H23BrN2S/c1-12-14(15)10-13(18-12)11-16-6-5-9-17-7-3-2-4-8-17/h10,16H,2-9,11H2,1H3. The summed E-state index contributed by atoms with van der Waals surface area (Å²) in [5.74, 6) is 0. The summed E-state index contributed by atoms with van der Waals surface area (Å²) in [5.41, 5.74) is 0. The molecule has 0 bridgehead atoms. The van der Waals surface area contributed by atoms with Crippen molar-refractivity contribution in [2.75, 3.05) is 26.2 Å². The van der Waals surface area contributed by atoms with Crippen molar-refractivity contribution >= 4 is 27.3 Å². The Morgan fingerprint density at radius 2 is 2.11 bits per heavy atom. The number of halogens is 1. The topological polar surface area (TPSA) is 15.3 Å². The summed E-state index contributed by atoms with van der Waals surface area (Å²) < 4.78 is 1.25. The summed E-state index contributed by atoms with van der Waals surface area (Å²) in [6, 6.07) is 2.23. The number of nitrogens with zero attached hydrogens (tertiary/aromatic N) is 1. The van der Waals surface area contributed by atoms with Gasteiger partial charge in [-0.25, -0.2) is 0 Å². The molecule has 0 spiro atoms. The Bertz CT molecular complexity index is 339. The predicted molar refractivity (Wildman–Crippen MR) is 83.4 cm³/mol. The molecule has 1 N–H and O–H groups in total. The Morgan fingerprint density at radius 3 is 2.78 bits per heavy atom. The second-order valence-electron chi connectivity index (χ2n) is 5.05. The van der Waals surface area contributed by atoms with Gasteiger partial charge in [0.05, 0.1) is 0 Å². The third-order valence-corrected chi connectivity index (χ3v) is 5.62. The highest BCUT2D eigenvalue weighted by molar-refractivity contribution is 9.10. The number of thiophene rings is 1. The molecule has 1 aliphatic rings. The minimum Gasteiger partial charge on any atom is -0.312 e. The molecule has 102 valence electrons. The van der Waals surface area contributed by atoms with Crippen LogP contribution in [-0.2, 0) is 6.54 Å². The van der Waals surface area contributed by atoms with Crippen LogP contribution in [0.5, 0.6) is 0 Å². The zero-order valence-electron chi connectivity index (χ0n) is 11.2. The van der Waals surface area contributed by atoms with Crippen LogP contribution in [0.3, 0.4) is 0 Å². The quantitative estimate of drug-likeness (QED) is 0.798. The molecule has 0 unspecified atom stereocenters. The van der Waals surface area contributed by atoms with Crippen molar-refractivity contribution in [2.45, 2.75) is 39.2 Å². The van der Waals surface area contributed by atoms with Crippen molar-refractivity contribution in [1.29, 1.82) is 0 Å². The van der Waals surface area contributed by atoms with Gasteiger partial charge in [0.2, 0.25) is 0 Å². The van der Waals surface area contributed by atoms with Crippen molar-refractivity contribution in [3.63, 3.8) is 0 Å². The monoisotopic (exact) mass is 330 g/mol. The average Bonchev–Trinajstić information content (AvgIpc) is 2.70. The summed E-state index contributed by atoms with van der Waals surface area (Å²) in [4.78, 5) is 5.41. The van der Waals surface area contributed by atoms with Crippen LogP contribution < -0.4 is 5.32 Å². The molecule has 2 rings (SSSR count). The highest BCUT2D eigenvalue weighted by Crippen LogP contribution is 2.25. The Kier molecular flexibility index (Phi) is 6.15. The maximum Gasteiger partial charge on any atom is 0.0314 e. The van der Waals surface area contributed by atoms with Crippen LogP contribution in [-0.4, -0.2) is 31.1 Å². The van der Waals surface area contributed by atoms with E-state index in [0.29, 0.717) is 0 Å². The first kappa shape index (κ1) is 14.5. The molecular weight excluding hydrogens is 308 g/mol. The Labute approximate surface area is 123 Å². The fourth-order valence-electron chi connectivity index (χ4n) is 2.43. The van der Waals surface area contributed by atoms with E-state index in [0.717, 1.165) is 13.1 Å². The Hall–Kier alpha value is 0.100. The number of hydrogen-bond donors (Lipinski definition) is 1. The lowest BCUT2D eigenvalue weighted by atomic mass is 10.1. The summed E-state index contributed by atoms with van der Waals surface area (Å²) in [6.45, 7) is 8.20. The van der Waals surface area contributed by atoms with Crippen molar-refractivity contribution in [1.82, 2.24) is 10.2 Å². The molecular formula is C14H23BrN2S. The number of nitrogens with one attached hydrogen (secondary N) is 1. The molecule has 1 aromatic rings. The predicted octanol–water partition coefficient (Wildman–Crippen LogP) is 3.78. The molecule has 1 aromatic heterocycles. The van der Waals surface area contributed by atoms with Crippen molar-refractivity contribution in [2.24, 2.45) is 0 Å². The van der Waals surface area contributed by atoms with Gasteiger partial charge >= 0.3 is 0 Å². The van der Waals surface area contributed by atoms with Gasteiger partial charge in [0.1, 0.15) is 0 Å². The first-order chi connectivity index (χ1) is 8.75.